The van der Waals surface area contributed by atoms with Gasteiger partial charge in [0.1, 0.15) is 68.8 Å². The maximum absolute atomic E-state index is 7.44. The molecule has 5 aliphatic rings. The van der Waals surface area contributed by atoms with Gasteiger partial charge in [0.05, 0.1) is 71.2 Å². The van der Waals surface area contributed by atoms with E-state index in [1.807, 2.05) is 165 Å². The van der Waals surface area contributed by atoms with Gasteiger partial charge >= 0.3 is 0 Å². The molecule has 8 bridgehead atoms. The SMILES string of the molecule is CCCCCC1c2cc3c4c(Cn5ccc(-c6ccccn6)n5)c2OCOc2c1cc1c(c2Cn2ccc(-c5ccccn5)n2)OCOc2c(cc5c(c2Cn2ccc(-c6ccccn6)n2)OCOc2c(cc(c(c2Cn2ccc(-c6ccccn6)n2)OCO4)C3CCCCC)C5CCCCC)C1CCCCC. The molecule has 108 heavy (non-hydrogen) atoms. The fourth-order valence-electron chi connectivity index (χ4n) is 17.0. The van der Waals surface area contributed by atoms with Crippen molar-refractivity contribution in [3.8, 4) is 91.5 Å². The topological polar surface area (TPSA) is 197 Å². The monoisotopic (exact) mass is 1440 g/mol. The number of hydrogen-bond donors (Lipinski definition) is 0. The lowest BCUT2D eigenvalue weighted by Gasteiger charge is -2.38. The molecule has 8 aromatic heterocycles. The molecule has 0 spiro atoms. The highest BCUT2D eigenvalue weighted by Gasteiger charge is 2.42. The van der Waals surface area contributed by atoms with Crippen LogP contribution in [0.25, 0.3) is 45.6 Å². The largest absolute Gasteiger partial charge is 0.457 e. The van der Waals surface area contributed by atoms with Crippen molar-refractivity contribution in [3.05, 3.63) is 238 Å². The maximum Gasteiger partial charge on any atom is 0.230 e. The molecule has 0 N–H and O–H groups in total. The number of hydrogen-bond acceptors (Lipinski definition) is 16. The first kappa shape index (κ1) is 69.7. The van der Waals surface area contributed by atoms with Crippen LogP contribution in [0, 0.1) is 0 Å². The van der Waals surface area contributed by atoms with Gasteiger partial charge in [0.25, 0.3) is 0 Å². The zero-order valence-corrected chi connectivity index (χ0v) is 62.1. The predicted molar refractivity (Wildman–Crippen MR) is 412 cm³/mol. The van der Waals surface area contributed by atoms with Gasteiger partial charge in [-0.1, -0.05) is 129 Å². The molecule has 0 saturated carbocycles. The lowest BCUT2D eigenvalue weighted by molar-refractivity contribution is 0.0937. The molecule has 20 nitrogen and oxygen atoms in total. The van der Waals surface area contributed by atoms with Gasteiger partial charge in [-0.25, -0.2) is 0 Å². The first-order chi connectivity index (χ1) is 53.4. The van der Waals surface area contributed by atoms with Crippen LogP contribution in [-0.2, 0) is 26.2 Å². The van der Waals surface area contributed by atoms with Crippen LogP contribution in [-0.4, -0.2) is 86.2 Å². The summed E-state index contributed by atoms with van der Waals surface area (Å²) in [4.78, 5) is 19.0. The quantitative estimate of drug-likeness (QED) is 0.0419. The summed E-state index contributed by atoms with van der Waals surface area (Å²) in [6.45, 7) is 9.78. The summed E-state index contributed by atoms with van der Waals surface area (Å²) in [5, 5.41) is 21.2. The van der Waals surface area contributed by atoms with Crippen LogP contribution in [0.2, 0.25) is 0 Å². The molecule has 0 fully saturated rings. The summed E-state index contributed by atoms with van der Waals surface area (Å²) in [6, 6.07) is 41.7. The number of unbranched alkanes of at least 4 members (excludes halogenated alkanes) is 8. The third-order valence-electron chi connectivity index (χ3n) is 22.1. The first-order valence-electron chi connectivity index (χ1n) is 39.0. The molecular formula is C88H92N12O8. The van der Waals surface area contributed by atoms with E-state index in [2.05, 4.69) is 52.0 Å². The summed E-state index contributed by atoms with van der Waals surface area (Å²) in [5.74, 6) is 4.48. The molecule has 17 rings (SSSR count). The summed E-state index contributed by atoms with van der Waals surface area (Å²) in [7, 11) is 0. The van der Waals surface area contributed by atoms with Gasteiger partial charge in [-0.05, 0) is 123 Å². The third-order valence-corrected chi connectivity index (χ3v) is 22.1. The highest BCUT2D eigenvalue weighted by molar-refractivity contribution is 5.71. The van der Waals surface area contributed by atoms with Crippen LogP contribution < -0.4 is 37.9 Å². The van der Waals surface area contributed by atoms with E-state index in [0.717, 1.165) is 215 Å². The normalized spacial score (nSPS) is 16.4. The number of nitrogens with zero attached hydrogens (tertiary/aromatic N) is 12. The molecule has 4 aliphatic heterocycles. The molecule has 4 aromatic carbocycles. The van der Waals surface area contributed by atoms with E-state index in [9.17, 15) is 0 Å². The molecule has 1 aliphatic carbocycles. The Bertz CT molecular complexity index is 4380. The van der Waals surface area contributed by atoms with Gasteiger partial charge in [0, 0.05) is 118 Å². The van der Waals surface area contributed by atoms with Crippen molar-refractivity contribution in [2.75, 3.05) is 27.2 Å². The Labute approximate surface area is 630 Å². The van der Waals surface area contributed by atoms with E-state index in [1.165, 1.54) is 0 Å². The van der Waals surface area contributed by atoms with Crippen LogP contribution in [0.15, 0.2) is 171 Å². The van der Waals surface area contributed by atoms with E-state index in [1.54, 1.807) is 0 Å². The summed E-state index contributed by atoms with van der Waals surface area (Å²) >= 11 is 0. The Morgan fingerprint density at radius 3 is 0.667 bits per heavy atom. The van der Waals surface area contributed by atoms with Crippen LogP contribution >= 0.6 is 0 Å². The van der Waals surface area contributed by atoms with Crippen LogP contribution in [0.5, 0.6) is 46.0 Å². The standard InChI is InChI=1S/C88H92N12O8/c1-5-9-13-25-57-61-45-63-58(26-14-10-6-2)65-47-67-60(28-16-12-8-4)68-48-66-59(27-15-11-7-3)64-46-62(57)82-70(50-98-42-34-78(94-98)74-30-18-22-38-90-74)84(64)104-55-106-86(66)72(52-100-44-36-80(96-100)76-32-20-24-40-92-76)88(68)108-56-107-87(67)71(51-99-43-35-79(95-99)75-31-19-23-39-91-75)85(65)105-54-103-83(63)69(81(61)101-53-102-82)49-97-41-33-77(93-97)73-29-17-21-37-89-73/h17-24,29-48,57-60H,5-16,25-28,49-56H2,1-4H3. The molecule has 0 saturated heterocycles. The Kier molecular flexibility index (Phi) is 20.4. The second kappa shape index (κ2) is 31.7. The predicted octanol–water partition coefficient (Wildman–Crippen LogP) is 19.0. The molecule has 20 heteroatoms. The molecule has 0 amide bonds. The number of rotatable bonds is 28. The fraction of sp³-hybridized carbons (Fsp3) is 0.364. The average Bonchev–Trinajstić information content (AvgIpc) is 0.893. The van der Waals surface area contributed by atoms with Gasteiger partial charge in [0.2, 0.25) is 27.2 Å². The van der Waals surface area contributed by atoms with E-state index in [4.69, 9.17) is 78.2 Å². The molecule has 552 valence electrons. The first-order valence-corrected chi connectivity index (χ1v) is 39.0. The summed E-state index contributed by atoms with van der Waals surface area (Å²) < 4.78 is 67.5. The number of aromatic nitrogens is 12. The molecule has 0 unspecified atom stereocenters. The van der Waals surface area contributed by atoms with E-state index in [-0.39, 0.29) is 50.8 Å². The zero-order valence-electron chi connectivity index (χ0n) is 62.1. The highest BCUT2D eigenvalue weighted by Crippen LogP contribution is 2.59. The van der Waals surface area contributed by atoms with Crippen molar-refractivity contribution in [2.24, 2.45) is 0 Å². The van der Waals surface area contributed by atoms with Gasteiger partial charge in [0.15, 0.2) is 0 Å². The van der Waals surface area contributed by atoms with Crippen molar-refractivity contribution in [3.63, 3.8) is 0 Å². The van der Waals surface area contributed by atoms with Crippen LogP contribution in [0.1, 0.15) is 221 Å². The van der Waals surface area contributed by atoms with Gasteiger partial charge < -0.3 is 37.9 Å². The molecule has 12 heterocycles. The minimum absolute atomic E-state index is 0.135. The van der Waals surface area contributed by atoms with Gasteiger partial charge in [-0.2, -0.15) is 20.4 Å². The highest BCUT2D eigenvalue weighted by atomic mass is 16.7. The van der Waals surface area contributed by atoms with Crippen LogP contribution in [0.3, 0.4) is 0 Å². The van der Waals surface area contributed by atoms with Crippen molar-refractivity contribution in [1.82, 2.24) is 59.1 Å². The Morgan fingerprint density at radius 2 is 0.481 bits per heavy atom. The van der Waals surface area contributed by atoms with Crippen molar-refractivity contribution < 1.29 is 37.9 Å². The Morgan fingerprint density at radius 1 is 0.269 bits per heavy atom. The maximum atomic E-state index is 7.44. The molecule has 12 aromatic rings. The number of benzene rings is 4. The van der Waals surface area contributed by atoms with E-state index >= 15 is 0 Å². The second-order valence-corrected chi connectivity index (χ2v) is 29.0. The smallest absolute Gasteiger partial charge is 0.230 e. The second-order valence-electron chi connectivity index (χ2n) is 29.0. The molecular weight excluding hydrogens is 1350 g/mol. The molecule has 0 radical (unpaired) electrons. The zero-order chi connectivity index (χ0) is 72.9. The van der Waals surface area contributed by atoms with Gasteiger partial charge in [-0.15, -0.1) is 0 Å². The minimum Gasteiger partial charge on any atom is -0.457 e. The number of pyridine rings is 4. The van der Waals surface area contributed by atoms with Crippen molar-refractivity contribution >= 4 is 0 Å². The lowest BCUT2D eigenvalue weighted by Crippen LogP contribution is -2.26. The van der Waals surface area contributed by atoms with Crippen molar-refractivity contribution in [1.29, 1.82) is 0 Å². The average molecular weight is 1450 g/mol. The van der Waals surface area contributed by atoms with Gasteiger partial charge in [-0.3, -0.25) is 38.7 Å². The van der Waals surface area contributed by atoms with Crippen LogP contribution in [0.4, 0.5) is 0 Å². The van der Waals surface area contributed by atoms with Crippen molar-refractivity contribution in [2.45, 2.75) is 180 Å². The third kappa shape index (κ3) is 13.9. The summed E-state index contributed by atoms with van der Waals surface area (Å²) in [6.07, 6.45) is 30.3. The van der Waals surface area contributed by atoms with E-state index < -0.39 is 0 Å². The fourth-order valence-corrected chi connectivity index (χ4v) is 17.0. The minimum atomic E-state index is -0.292. The summed E-state index contributed by atoms with van der Waals surface area (Å²) in [5.41, 5.74) is 18.0. The van der Waals surface area contributed by atoms with E-state index in [0.29, 0.717) is 72.2 Å². The lowest BCUT2D eigenvalue weighted by atomic mass is 9.74. The molecule has 0 atom stereocenters. The number of ether oxygens (including phenoxy) is 8. The Hall–Kier alpha value is -11.3. The Balaban J connectivity index is 0.995.